The van der Waals surface area contributed by atoms with Gasteiger partial charge in [-0.1, -0.05) is 30.3 Å². The number of aromatic nitrogens is 1. The molecule has 1 N–H and O–H groups in total. The highest BCUT2D eigenvalue weighted by molar-refractivity contribution is 5.78. The lowest BCUT2D eigenvalue weighted by Gasteiger charge is -2.46. The normalized spacial score (nSPS) is 23.3. The number of fused-ring (bicyclic) bond motifs is 4. The van der Waals surface area contributed by atoms with E-state index in [0.717, 1.165) is 31.7 Å². The Morgan fingerprint density at radius 3 is 2.83 bits per heavy atom. The molecule has 1 aromatic carbocycles. The molecule has 152 valence electrons. The quantitative estimate of drug-likeness (QED) is 0.765. The number of halogens is 1. The highest BCUT2D eigenvalue weighted by Gasteiger charge is 2.40. The Hall–Kier alpha value is -2.73. The van der Waals surface area contributed by atoms with Crippen molar-refractivity contribution in [3.05, 3.63) is 82.5 Å². The number of amides is 1. The van der Waals surface area contributed by atoms with Crippen molar-refractivity contribution in [3.8, 4) is 0 Å². The Labute approximate surface area is 169 Å². The molecular weight excluding hydrogens is 369 g/mol. The summed E-state index contributed by atoms with van der Waals surface area (Å²) in [6.45, 7) is 6.82. The molecule has 1 fully saturated rings. The van der Waals surface area contributed by atoms with Crippen LogP contribution in [0.5, 0.6) is 0 Å². The number of piperidine rings is 1. The van der Waals surface area contributed by atoms with Gasteiger partial charge in [0.2, 0.25) is 5.91 Å². The largest absolute Gasteiger partial charge is 0.354 e. The molecule has 29 heavy (non-hydrogen) atoms. The second-order valence-corrected chi connectivity index (χ2v) is 8.00. The fraction of sp³-hybridized carbons (Fsp3) is 0.391. The maximum Gasteiger partial charge on any atom is 0.251 e. The summed E-state index contributed by atoms with van der Waals surface area (Å²) < 4.78 is 15.7. The van der Waals surface area contributed by atoms with Crippen molar-refractivity contribution < 1.29 is 9.18 Å². The summed E-state index contributed by atoms with van der Waals surface area (Å²) in [6.07, 6.45) is 2.90. The van der Waals surface area contributed by atoms with Crippen LogP contribution in [0.2, 0.25) is 0 Å². The van der Waals surface area contributed by atoms with Gasteiger partial charge in [0.05, 0.1) is 12.5 Å². The molecule has 0 radical (unpaired) electrons. The monoisotopic (exact) mass is 395 g/mol. The minimum Gasteiger partial charge on any atom is -0.354 e. The molecule has 2 bridgehead atoms. The molecule has 3 atom stereocenters. The molecule has 4 rings (SSSR count). The molecule has 2 aliphatic heterocycles. The number of carbonyl (C=O) groups excluding carboxylic acids is 1. The molecule has 2 aliphatic rings. The number of nitrogens with zero attached hydrogens (tertiary/aromatic N) is 2. The first-order valence-electron chi connectivity index (χ1n) is 10.1. The minimum atomic E-state index is -0.378. The van der Waals surface area contributed by atoms with Crippen LogP contribution in [0.4, 0.5) is 4.39 Å². The highest BCUT2D eigenvalue weighted by atomic mass is 19.1. The molecule has 1 amide bonds. The molecule has 5 nitrogen and oxygen atoms in total. The van der Waals surface area contributed by atoms with Crippen molar-refractivity contribution in [2.45, 2.75) is 24.8 Å². The van der Waals surface area contributed by atoms with Crippen molar-refractivity contribution in [1.82, 2.24) is 14.8 Å². The number of benzene rings is 1. The molecule has 0 spiro atoms. The number of nitrogens with one attached hydrogen (secondary N) is 1. The van der Waals surface area contributed by atoms with Gasteiger partial charge in [0.15, 0.2) is 0 Å². The molecule has 2 aromatic rings. The lowest BCUT2D eigenvalue weighted by molar-refractivity contribution is -0.120. The average molecular weight is 395 g/mol. The lowest BCUT2D eigenvalue weighted by atomic mass is 9.78. The van der Waals surface area contributed by atoms with Crippen LogP contribution in [-0.2, 0) is 11.2 Å². The van der Waals surface area contributed by atoms with Gasteiger partial charge in [0, 0.05) is 43.9 Å². The van der Waals surface area contributed by atoms with Gasteiger partial charge in [-0.15, -0.1) is 6.58 Å². The standard InChI is InChI=1S/C23H26FN3O2/c1-2-10-26-14-17-11-18(15-26)21(27-20(17)8-5-9-23(27)29)13-25-22(28)12-16-6-3-4-7-19(16)24/h2-9,17-18,21H,1,10-15H2,(H,25,28)/t17-,18+,21+/m1/s1. The SMILES string of the molecule is C=CCN1C[C@H]2C[C@@H](C1)[C@H](CNC(=O)Cc1ccccc1F)n1c2cccc1=O. The van der Waals surface area contributed by atoms with E-state index in [1.165, 1.54) is 6.07 Å². The van der Waals surface area contributed by atoms with E-state index in [0.29, 0.717) is 18.0 Å². The first kappa shape index (κ1) is 19.6. The number of rotatable bonds is 6. The van der Waals surface area contributed by atoms with Crippen LogP contribution in [0.25, 0.3) is 0 Å². The first-order chi connectivity index (χ1) is 14.1. The Morgan fingerprint density at radius 1 is 1.21 bits per heavy atom. The Balaban J connectivity index is 1.53. The second-order valence-electron chi connectivity index (χ2n) is 8.00. The molecule has 3 heterocycles. The van der Waals surface area contributed by atoms with E-state index in [9.17, 15) is 14.0 Å². The molecule has 0 unspecified atom stereocenters. The molecular formula is C23H26FN3O2. The van der Waals surface area contributed by atoms with Gasteiger partial charge >= 0.3 is 0 Å². The van der Waals surface area contributed by atoms with Crippen LogP contribution in [0.3, 0.4) is 0 Å². The van der Waals surface area contributed by atoms with E-state index in [2.05, 4.69) is 16.8 Å². The Kier molecular flexibility index (Phi) is 5.62. The minimum absolute atomic E-state index is 0.00812. The topological polar surface area (TPSA) is 54.3 Å². The number of hydrogen-bond donors (Lipinski definition) is 1. The van der Waals surface area contributed by atoms with Crippen LogP contribution >= 0.6 is 0 Å². The summed E-state index contributed by atoms with van der Waals surface area (Å²) in [6, 6.07) is 11.6. The summed E-state index contributed by atoms with van der Waals surface area (Å²) >= 11 is 0. The van der Waals surface area contributed by atoms with Crippen molar-refractivity contribution in [1.29, 1.82) is 0 Å². The molecule has 0 aliphatic carbocycles. The summed E-state index contributed by atoms with van der Waals surface area (Å²) in [7, 11) is 0. The Bertz CT molecular complexity index is 971. The zero-order chi connectivity index (χ0) is 20.4. The number of pyridine rings is 1. The van der Waals surface area contributed by atoms with Gasteiger partial charge in [0.1, 0.15) is 5.82 Å². The van der Waals surface area contributed by atoms with Gasteiger partial charge in [-0.05, 0) is 30.0 Å². The predicted octanol–water partition coefficient (Wildman–Crippen LogP) is 2.49. The summed E-state index contributed by atoms with van der Waals surface area (Å²) in [4.78, 5) is 27.5. The third-order valence-corrected chi connectivity index (χ3v) is 6.08. The van der Waals surface area contributed by atoms with Crippen LogP contribution in [0.15, 0.2) is 59.9 Å². The third-order valence-electron chi connectivity index (χ3n) is 6.08. The number of likely N-dealkylation sites (tertiary alicyclic amines) is 1. The lowest BCUT2D eigenvalue weighted by Crippen LogP contribution is -2.52. The smallest absolute Gasteiger partial charge is 0.251 e. The van der Waals surface area contributed by atoms with Gasteiger partial charge in [-0.25, -0.2) is 4.39 Å². The third kappa shape index (κ3) is 4.03. The van der Waals surface area contributed by atoms with E-state index < -0.39 is 0 Å². The van der Waals surface area contributed by atoms with Crippen LogP contribution < -0.4 is 10.9 Å². The van der Waals surface area contributed by atoms with E-state index in [1.54, 1.807) is 24.3 Å². The van der Waals surface area contributed by atoms with E-state index in [-0.39, 0.29) is 35.7 Å². The fourth-order valence-corrected chi connectivity index (χ4v) is 4.83. The fourth-order valence-electron chi connectivity index (χ4n) is 4.83. The predicted molar refractivity (Wildman–Crippen MR) is 110 cm³/mol. The summed E-state index contributed by atoms with van der Waals surface area (Å²) in [5.41, 5.74) is 1.39. The molecule has 6 heteroatoms. The van der Waals surface area contributed by atoms with Gasteiger partial charge < -0.3 is 9.88 Å². The van der Waals surface area contributed by atoms with E-state index >= 15 is 0 Å². The summed E-state index contributed by atoms with van der Waals surface area (Å²) in [5.74, 6) is -0.0263. The molecule has 0 saturated carbocycles. The van der Waals surface area contributed by atoms with Crippen LogP contribution in [0, 0.1) is 11.7 Å². The van der Waals surface area contributed by atoms with Gasteiger partial charge in [-0.2, -0.15) is 0 Å². The van der Waals surface area contributed by atoms with Gasteiger partial charge in [-0.3, -0.25) is 14.5 Å². The maximum atomic E-state index is 13.8. The molecule has 1 aromatic heterocycles. The first-order valence-corrected chi connectivity index (χ1v) is 10.1. The highest BCUT2D eigenvalue weighted by Crippen LogP contribution is 2.40. The van der Waals surface area contributed by atoms with Crippen molar-refractivity contribution in [3.63, 3.8) is 0 Å². The van der Waals surface area contributed by atoms with Crippen molar-refractivity contribution in [2.75, 3.05) is 26.2 Å². The Morgan fingerprint density at radius 2 is 2.03 bits per heavy atom. The maximum absolute atomic E-state index is 13.8. The van der Waals surface area contributed by atoms with E-state index in [4.69, 9.17) is 0 Å². The van der Waals surface area contributed by atoms with Crippen LogP contribution in [-0.4, -0.2) is 41.6 Å². The second kappa shape index (κ2) is 8.33. The zero-order valence-corrected chi connectivity index (χ0v) is 16.4. The van der Waals surface area contributed by atoms with Crippen molar-refractivity contribution in [2.24, 2.45) is 5.92 Å². The summed E-state index contributed by atoms with van der Waals surface area (Å²) in [5, 5.41) is 2.94. The number of carbonyl (C=O) groups is 1. The van der Waals surface area contributed by atoms with Crippen LogP contribution in [0.1, 0.15) is 29.6 Å². The van der Waals surface area contributed by atoms with E-state index in [1.807, 2.05) is 22.8 Å². The number of hydrogen-bond acceptors (Lipinski definition) is 3. The average Bonchev–Trinajstić information content (AvgIpc) is 2.70. The molecule has 1 saturated heterocycles. The zero-order valence-electron chi connectivity index (χ0n) is 16.4. The van der Waals surface area contributed by atoms with Crippen molar-refractivity contribution >= 4 is 5.91 Å². The van der Waals surface area contributed by atoms with Gasteiger partial charge in [0.25, 0.3) is 5.56 Å².